The molecule has 1 fully saturated rings. The molecule has 0 bridgehead atoms. The smallest absolute Gasteiger partial charge is 0.319 e. The molecule has 0 aromatic heterocycles. The van der Waals surface area contributed by atoms with Crippen LogP contribution in [0.3, 0.4) is 0 Å². The molecule has 0 spiro atoms. The van der Waals surface area contributed by atoms with E-state index < -0.39 is 16.1 Å². The molecule has 4 N–H and O–H groups in total. The number of nitrogens with two attached hydrogens (primary N) is 1. The molecule has 0 saturated carbocycles. The highest BCUT2D eigenvalue weighted by atomic mass is 35.5. The van der Waals surface area contributed by atoms with Gasteiger partial charge < -0.3 is 15.5 Å². The number of sulfonamides is 1. The Morgan fingerprint density at radius 3 is 2.75 bits per heavy atom. The third kappa shape index (κ3) is 5.08. The Labute approximate surface area is 145 Å². The van der Waals surface area contributed by atoms with E-state index in [0.717, 1.165) is 13.0 Å². The monoisotopic (exact) mass is 374 g/mol. The fraction of sp³-hybridized carbons (Fsp3) is 0.429. The highest BCUT2D eigenvalue weighted by Crippen LogP contribution is 2.24. The lowest BCUT2D eigenvalue weighted by Gasteiger charge is -2.15. The first-order valence-electron chi connectivity index (χ1n) is 7.42. The zero-order valence-corrected chi connectivity index (χ0v) is 14.5. The first-order chi connectivity index (χ1) is 11.3. The van der Waals surface area contributed by atoms with Crippen molar-refractivity contribution >= 4 is 39.2 Å². The van der Waals surface area contributed by atoms with Crippen molar-refractivity contribution in [3.8, 4) is 0 Å². The maximum Gasteiger partial charge on any atom is 0.319 e. The van der Waals surface area contributed by atoms with E-state index in [4.69, 9.17) is 16.7 Å². The molecule has 0 unspecified atom stereocenters. The largest absolute Gasteiger partial charge is 0.343 e. The molecule has 1 saturated heterocycles. The molecule has 0 aliphatic carbocycles. The second kappa shape index (κ2) is 7.82. The van der Waals surface area contributed by atoms with E-state index >= 15 is 0 Å². The number of amides is 3. The summed E-state index contributed by atoms with van der Waals surface area (Å²) in [5, 5.41) is 10.3. The zero-order valence-electron chi connectivity index (χ0n) is 12.9. The van der Waals surface area contributed by atoms with Crippen LogP contribution in [0.15, 0.2) is 23.1 Å². The molecule has 132 valence electrons. The fourth-order valence-corrected chi connectivity index (χ4v) is 3.06. The van der Waals surface area contributed by atoms with Crippen molar-refractivity contribution < 1.29 is 18.0 Å². The number of anilines is 1. The average Bonchev–Trinajstić information content (AvgIpc) is 2.90. The van der Waals surface area contributed by atoms with Gasteiger partial charge in [0.25, 0.3) is 0 Å². The van der Waals surface area contributed by atoms with Crippen LogP contribution in [0.1, 0.15) is 19.3 Å². The number of nitrogens with zero attached hydrogens (tertiary/aromatic N) is 1. The molecule has 24 heavy (non-hydrogen) atoms. The van der Waals surface area contributed by atoms with Crippen molar-refractivity contribution in [2.24, 2.45) is 5.14 Å². The number of urea groups is 1. The van der Waals surface area contributed by atoms with Gasteiger partial charge in [0.2, 0.25) is 15.9 Å². The number of likely N-dealkylation sites (tertiary alicyclic amines) is 1. The number of hydrogen-bond donors (Lipinski definition) is 3. The van der Waals surface area contributed by atoms with E-state index in [-0.39, 0.29) is 21.5 Å². The molecular weight excluding hydrogens is 356 g/mol. The summed E-state index contributed by atoms with van der Waals surface area (Å²) in [5.74, 6) is 0.144. The van der Waals surface area contributed by atoms with Gasteiger partial charge in [-0.2, -0.15) is 0 Å². The SMILES string of the molecule is NS(=O)(=O)c1ccc(Cl)c(NC(=O)NCCCN2CCCC2=O)c1. The van der Waals surface area contributed by atoms with E-state index in [1.165, 1.54) is 18.2 Å². The highest BCUT2D eigenvalue weighted by molar-refractivity contribution is 7.89. The molecule has 1 aromatic carbocycles. The van der Waals surface area contributed by atoms with Crippen LogP contribution < -0.4 is 15.8 Å². The average molecular weight is 375 g/mol. The predicted octanol–water partition coefficient (Wildman–Crippen LogP) is 1.12. The van der Waals surface area contributed by atoms with Crippen LogP contribution in [0.5, 0.6) is 0 Å². The molecule has 10 heteroatoms. The minimum atomic E-state index is -3.88. The minimum Gasteiger partial charge on any atom is -0.343 e. The summed E-state index contributed by atoms with van der Waals surface area (Å²) in [6.07, 6.45) is 2.10. The number of primary sulfonamides is 1. The van der Waals surface area contributed by atoms with Gasteiger partial charge in [0.1, 0.15) is 0 Å². The van der Waals surface area contributed by atoms with E-state index in [0.29, 0.717) is 25.9 Å². The Morgan fingerprint density at radius 2 is 2.12 bits per heavy atom. The van der Waals surface area contributed by atoms with Crippen LogP contribution in [0.25, 0.3) is 0 Å². The summed E-state index contributed by atoms with van der Waals surface area (Å²) in [6, 6.07) is 3.28. The molecule has 1 aromatic rings. The third-order valence-corrected chi connectivity index (χ3v) is 4.82. The van der Waals surface area contributed by atoms with Crippen LogP contribution in [0.2, 0.25) is 5.02 Å². The summed E-state index contributed by atoms with van der Waals surface area (Å²) in [6.45, 7) is 1.74. The molecule has 0 atom stereocenters. The van der Waals surface area contributed by atoms with Gasteiger partial charge in [-0.3, -0.25) is 4.79 Å². The standard InChI is InChI=1S/C14H19ClN4O4S/c15-11-5-4-10(24(16,22)23)9-12(11)18-14(21)17-6-2-8-19-7-1-3-13(19)20/h4-5,9H,1-3,6-8H2,(H2,16,22,23)(H2,17,18,21). The van der Waals surface area contributed by atoms with Crippen LogP contribution in [0, 0.1) is 0 Å². The van der Waals surface area contributed by atoms with E-state index in [2.05, 4.69) is 10.6 Å². The summed E-state index contributed by atoms with van der Waals surface area (Å²) >= 11 is 5.93. The highest BCUT2D eigenvalue weighted by Gasteiger charge is 2.19. The molecular formula is C14H19ClN4O4S. The number of carbonyl (C=O) groups is 2. The summed E-state index contributed by atoms with van der Waals surface area (Å²) in [5.41, 5.74) is 0.149. The van der Waals surface area contributed by atoms with Crippen molar-refractivity contribution in [3.05, 3.63) is 23.2 Å². The second-order valence-electron chi connectivity index (χ2n) is 5.41. The minimum absolute atomic E-state index is 0.144. The Bertz CT molecular complexity index is 738. The first-order valence-corrected chi connectivity index (χ1v) is 9.35. The summed E-state index contributed by atoms with van der Waals surface area (Å²) < 4.78 is 22.6. The maximum atomic E-state index is 11.8. The van der Waals surface area contributed by atoms with E-state index in [1.54, 1.807) is 4.90 Å². The normalized spacial score (nSPS) is 14.8. The van der Waals surface area contributed by atoms with Crippen LogP contribution in [0.4, 0.5) is 10.5 Å². The van der Waals surface area contributed by atoms with Gasteiger partial charge in [-0.1, -0.05) is 11.6 Å². The second-order valence-corrected chi connectivity index (χ2v) is 7.37. The quantitative estimate of drug-likeness (QED) is 0.646. The first kappa shape index (κ1) is 18.5. The number of carbonyl (C=O) groups excluding carboxylic acids is 2. The lowest BCUT2D eigenvalue weighted by atomic mass is 10.3. The van der Waals surface area contributed by atoms with Crippen molar-refractivity contribution in [1.82, 2.24) is 10.2 Å². The molecule has 0 radical (unpaired) electrons. The van der Waals surface area contributed by atoms with E-state index in [9.17, 15) is 18.0 Å². The Hall–Kier alpha value is -1.84. The van der Waals surface area contributed by atoms with Gasteiger partial charge in [0, 0.05) is 26.1 Å². The lowest BCUT2D eigenvalue weighted by molar-refractivity contribution is -0.127. The molecule has 1 aliphatic heterocycles. The maximum absolute atomic E-state index is 11.8. The molecule has 3 amide bonds. The Morgan fingerprint density at radius 1 is 1.38 bits per heavy atom. The summed E-state index contributed by atoms with van der Waals surface area (Å²) in [7, 11) is -3.88. The Kier molecular flexibility index (Phi) is 6.03. The van der Waals surface area contributed by atoms with Crippen molar-refractivity contribution in [2.75, 3.05) is 25.0 Å². The van der Waals surface area contributed by atoms with Gasteiger partial charge in [-0.15, -0.1) is 0 Å². The van der Waals surface area contributed by atoms with Gasteiger partial charge in [-0.25, -0.2) is 18.4 Å². The topological polar surface area (TPSA) is 122 Å². The van der Waals surface area contributed by atoms with E-state index in [1.807, 2.05) is 0 Å². The lowest BCUT2D eigenvalue weighted by Crippen LogP contribution is -2.33. The van der Waals surface area contributed by atoms with Gasteiger partial charge >= 0.3 is 6.03 Å². The van der Waals surface area contributed by atoms with Crippen molar-refractivity contribution in [3.63, 3.8) is 0 Å². The molecule has 2 rings (SSSR count). The van der Waals surface area contributed by atoms with Gasteiger partial charge in [-0.05, 0) is 31.0 Å². The van der Waals surface area contributed by atoms with Crippen LogP contribution in [-0.4, -0.2) is 44.9 Å². The summed E-state index contributed by atoms with van der Waals surface area (Å²) in [4.78, 5) is 24.9. The predicted molar refractivity (Wildman–Crippen MR) is 90.3 cm³/mol. The van der Waals surface area contributed by atoms with Gasteiger partial charge in [0.15, 0.2) is 0 Å². The third-order valence-electron chi connectivity index (χ3n) is 3.58. The van der Waals surface area contributed by atoms with Crippen LogP contribution in [-0.2, 0) is 14.8 Å². The number of benzene rings is 1. The van der Waals surface area contributed by atoms with Gasteiger partial charge in [0.05, 0.1) is 15.6 Å². The number of rotatable bonds is 6. The number of hydrogen-bond acceptors (Lipinski definition) is 4. The molecule has 1 aliphatic rings. The van der Waals surface area contributed by atoms with Crippen LogP contribution >= 0.6 is 11.6 Å². The van der Waals surface area contributed by atoms with Crippen molar-refractivity contribution in [2.45, 2.75) is 24.2 Å². The number of nitrogens with one attached hydrogen (secondary N) is 2. The van der Waals surface area contributed by atoms with Crippen molar-refractivity contribution in [1.29, 1.82) is 0 Å². The zero-order chi connectivity index (χ0) is 17.7. The fourth-order valence-electron chi connectivity index (χ4n) is 2.36. The Balaban J connectivity index is 1.83. The number of halogens is 1. The molecule has 8 nitrogen and oxygen atoms in total. The molecule has 1 heterocycles.